The molecule has 1 aliphatic carbocycles. The molecule has 3 rings (SSSR count). The first-order chi connectivity index (χ1) is 9.70. The maximum absolute atomic E-state index is 4.65. The minimum absolute atomic E-state index is 0.919. The molecule has 2 nitrogen and oxygen atoms in total. The first kappa shape index (κ1) is 14.3. The normalized spacial score (nSPS) is 23.1. The van der Waals surface area contributed by atoms with Crippen molar-refractivity contribution < 1.29 is 0 Å². The number of halogens is 1. The van der Waals surface area contributed by atoms with Crippen LogP contribution in [0.25, 0.3) is 10.2 Å². The highest BCUT2D eigenvalue weighted by Crippen LogP contribution is 2.31. The van der Waals surface area contributed by atoms with E-state index in [4.69, 9.17) is 0 Å². The van der Waals surface area contributed by atoms with E-state index in [-0.39, 0.29) is 0 Å². The fourth-order valence-electron chi connectivity index (χ4n) is 2.98. The van der Waals surface area contributed by atoms with Crippen molar-refractivity contribution in [1.29, 1.82) is 0 Å². The third-order valence-corrected chi connectivity index (χ3v) is 5.80. The van der Waals surface area contributed by atoms with E-state index in [0.717, 1.165) is 33.5 Å². The first-order valence-corrected chi connectivity index (χ1v) is 9.11. The van der Waals surface area contributed by atoms with Crippen molar-refractivity contribution in [2.45, 2.75) is 39.0 Å². The molecule has 0 unspecified atom stereocenters. The lowest BCUT2D eigenvalue weighted by molar-refractivity contribution is 0.282. The fraction of sp³-hybridized carbons (Fsp3) is 0.562. The van der Waals surface area contributed by atoms with Gasteiger partial charge in [-0.3, -0.25) is 0 Å². The molecule has 0 spiro atoms. The molecule has 1 N–H and O–H groups in total. The number of nitrogens with zero attached hydrogens (tertiary/aromatic N) is 1. The molecule has 20 heavy (non-hydrogen) atoms. The van der Waals surface area contributed by atoms with Gasteiger partial charge in [-0.05, 0) is 36.5 Å². The van der Waals surface area contributed by atoms with Gasteiger partial charge in [0, 0.05) is 11.0 Å². The van der Waals surface area contributed by atoms with Crippen molar-refractivity contribution in [3.05, 3.63) is 22.7 Å². The van der Waals surface area contributed by atoms with Gasteiger partial charge in [0.05, 0.1) is 10.2 Å². The Morgan fingerprint density at radius 2 is 2.10 bits per heavy atom. The Hall–Kier alpha value is -0.610. The molecule has 2 aromatic rings. The summed E-state index contributed by atoms with van der Waals surface area (Å²) in [7, 11) is 0. The van der Waals surface area contributed by atoms with Crippen LogP contribution >= 0.6 is 27.3 Å². The van der Waals surface area contributed by atoms with Gasteiger partial charge in [0.25, 0.3) is 0 Å². The summed E-state index contributed by atoms with van der Waals surface area (Å²) >= 11 is 5.25. The molecule has 1 aromatic heterocycles. The maximum atomic E-state index is 4.65. The SMILES string of the molecule is CC1CCC(CCNc2nc3cc(Br)ccc3s2)CC1. The topological polar surface area (TPSA) is 24.9 Å². The number of fused-ring (bicyclic) bond motifs is 1. The van der Waals surface area contributed by atoms with E-state index in [1.54, 1.807) is 11.3 Å². The zero-order valence-corrected chi connectivity index (χ0v) is 14.3. The minimum atomic E-state index is 0.919. The van der Waals surface area contributed by atoms with Gasteiger partial charge in [-0.15, -0.1) is 0 Å². The predicted octanol–water partition coefficient (Wildman–Crippen LogP) is 5.69. The Labute approximate surface area is 133 Å². The molecule has 1 heterocycles. The lowest BCUT2D eigenvalue weighted by Crippen LogP contribution is -2.15. The van der Waals surface area contributed by atoms with Crippen molar-refractivity contribution in [1.82, 2.24) is 4.98 Å². The molecule has 1 aromatic carbocycles. The molecule has 4 heteroatoms. The van der Waals surface area contributed by atoms with Crippen LogP contribution in [0.15, 0.2) is 22.7 Å². The maximum Gasteiger partial charge on any atom is 0.183 e. The Kier molecular flexibility index (Phi) is 4.61. The average Bonchev–Trinajstić information content (AvgIpc) is 2.83. The molecule has 0 saturated heterocycles. The molecule has 0 amide bonds. The van der Waals surface area contributed by atoms with Gasteiger partial charge < -0.3 is 5.32 Å². The minimum Gasteiger partial charge on any atom is -0.361 e. The van der Waals surface area contributed by atoms with E-state index in [1.165, 1.54) is 36.8 Å². The lowest BCUT2D eigenvalue weighted by atomic mass is 9.81. The zero-order valence-electron chi connectivity index (χ0n) is 11.9. The van der Waals surface area contributed by atoms with Crippen LogP contribution in [0.1, 0.15) is 39.0 Å². The van der Waals surface area contributed by atoms with Gasteiger partial charge >= 0.3 is 0 Å². The van der Waals surface area contributed by atoms with Crippen molar-refractivity contribution >= 4 is 42.6 Å². The van der Waals surface area contributed by atoms with Crippen molar-refractivity contribution in [2.24, 2.45) is 11.8 Å². The van der Waals surface area contributed by atoms with Crippen LogP contribution in [-0.4, -0.2) is 11.5 Å². The molecule has 1 saturated carbocycles. The molecule has 1 fully saturated rings. The molecular formula is C16H21BrN2S. The summed E-state index contributed by atoms with van der Waals surface area (Å²) in [6.45, 7) is 3.44. The quantitative estimate of drug-likeness (QED) is 0.764. The van der Waals surface area contributed by atoms with Gasteiger partial charge in [0.1, 0.15) is 0 Å². The third kappa shape index (κ3) is 3.53. The number of benzene rings is 1. The third-order valence-electron chi connectivity index (χ3n) is 4.31. The smallest absolute Gasteiger partial charge is 0.183 e. The lowest BCUT2D eigenvalue weighted by Gasteiger charge is -2.26. The largest absolute Gasteiger partial charge is 0.361 e. The number of nitrogens with one attached hydrogen (secondary N) is 1. The van der Waals surface area contributed by atoms with Crippen molar-refractivity contribution in [3.8, 4) is 0 Å². The summed E-state index contributed by atoms with van der Waals surface area (Å²) in [6, 6.07) is 6.29. The Bertz CT molecular complexity index is 573. The molecule has 0 bridgehead atoms. The highest BCUT2D eigenvalue weighted by atomic mass is 79.9. The Balaban J connectivity index is 1.52. The summed E-state index contributed by atoms with van der Waals surface area (Å²) in [6.07, 6.45) is 6.94. The van der Waals surface area contributed by atoms with Gasteiger partial charge in [-0.25, -0.2) is 4.98 Å². The van der Waals surface area contributed by atoms with Crippen LogP contribution < -0.4 is 5.32 Å². The van der Waals surface area contributed by atoms with Gasteiger partial charge in [0.15, 0.2) is 5.13 Å². The molecule has 0 atom stereocenters. The number of anilines is 1. The van der Waals surface area contributed by atoms with Crippen LogP contribution in [0, 0.1) is 11.8 Å². The molecule has 0 radical (unpaired) electrons. The number of aromatic nitrogens is 1. The highest BCUT2D eigenvalue weighted by molar-refractivity contribution is 9.10. The van der Waals surface area contributed by atoms with Crippen LogP contribution in [0.4, 0.5) is 5.13 Å². The number of hydrogen-bond donors (Lipinski definition) is 1. The number of thiazole rings is 1. The van der Waals surface area contributed by atoms with E-state index < -0.39 is 0 Å². The average molecular weight is 353 g/mol. The monoisotopic (exact) mass is 352 g/mol. The predicted molar refractivity (Wildman–Crippen MR) is 91.5 cm³/mol. The summed E-state index contributed by atoms with van der Waals surface area (Å²) in [4.78, 5) is 4.65. The highest BCUT2D eigenvalue weighted by Gasteiger charge is 2.17. The van der Waals surface area contributed by atoms with Gasteiger partial charge in [-0.2, -0.15) is 0 Å². The zero-order chi connectivity index (χ0) is 13.9. The standard InChI is InChI=1S/C16H21BrN2S/c1-11-2-4-12(5-3-11)8-9-18-16-19-14-10-13(17)6-7-15(14)20-16/h6-7,10-12H,2-5,8-9H2,1H3,(H,18,19). The Morgan fingerprint density at radius 1 is 1.30 bits per heavy atom. The molecule has 1 aliphatic rings. The fourth-order valence-corrected chi connectivity index (χ4v) is 4.20. The molecule has 108 valence electrons. The summed E-state index contributed by atoms with van der Waals surface area (Å²) < 4.78 is 2.35. The van der Waals surface area contributed by atoms with Gasteiger partial charge in [0.2, 0.25) is 0 Å². The summed E-state index contributed by atoms with van der Waals surface area (Å²) in [5.74, 6) is 1.86. The number of rotatable bonds is 4. The van der Waals surface area contributed by atoms with E-state index in [2.05, 4.69) is 51.4 Å². The van der Waals surface area contributed by atoms with Crippen LogP contribution in [0.3, 0.4) is 0 Å². The second-order valence-electron chi connectivity index (χ2n) is 5.97. The first-order valence-electron chi connectivity index (χ1n) is 7.50. The summed E-state index contributed by atoms with van der Waals surface area (Å²) in [5, 5.41) is 4.56. The van der Waals surface area contributed by atoms with Crippen LogP contribution in [0.5, 0.6) is 0 Å². The van der Waals surface area contributed by atoms with Crippen molar-refractivity contribution in [2.75, 3.05) is 11.9 Å². The summed E-state index contributed by atoms with van der Waals surface area (Å²) in [5.41, 5.74) is 1.08. The van der Waals surface area contributed by atoms with E-state index in [1.807, 2.05) is 0 Å². The number of hydrogen-bond acceptors (Lipinski definition) is 3. The van der Waals surface area contributed by atoms with Gasteiger partial charge in [-0.1, -0.05) is 59.9 Å². The van der Waals surface area contributed by atoms with Crippen LogP contribution in [-0.2, 0) is 0 Å². The second-order valence-corrected chi connectivity index (χ2v) is 7.92. The van der Waals surface area contributed by atoms with Crippen molar-refractivity contribution in [3.63, 3.8) is 0 Å². The molecular weight excluding hydrogens is 332 g/mol. The Morgan fingerprint density at radius 3 is 2.90 bits per heavy atom. The van der Waals surface area contributed by atoms with Crippen LogP contribution in [0.2, 0.25) is 0 Å². The second kappa shape index (κ2) is 6.44. The van der Waals surface area contributed by atoms with E-state index >= 15 is 0 Å². The molecule has 0 aliphatic heterocycles. The van der Waals surface area contributed by atoms with E-state index in [0.29, 0.717) is 0 Å². The van der Waals surface area contributed by atoms with E-state index in [9.17, 15) is 0 Å².